The van der Waals surface area contributed by atoms with E-state index in [1.54, 1.807) is 0 Å². The molecule has 1 N–H and O–H groups in total. The largest absolute Gasteiger partial charge is 0.410 e. The van der Waals surface area contributed by atoms with Gasteiger partial charge in [0.2, 0.25) is 0 Å². The summed E-state index contributed by atoms with van der Waals surface area (Å²) in [4.78, 5) is 0. The first-order chi connectivity index (χ1) is 12.1. The fourth-order valence-electron chi connectivity index (χ4n) is 3.62. The first kappa shape index (κ1) is 20.2. The fraction of sp³-hybridized carbons (Fsp3) is 0.684. The average molecular weight is 397 g/mol. The van der Waals surface area contributed by atoms with E-state index in [9.17, 15) is 5.11 Å². The Kier molecular flexibility index (Phi) is 5.80. The molecule has 26 heavy (non-hydrogen) atoms. The molecule has 7 heteroatoms. The summed E-state index contributed by atoms with van der Waals surface area (Å²) < 4.78 is 24.9. The molecule has 2 heterocycles. The molecule has 0 saturated carbocycles. The van der Waals surface area contributed by atoms with Crippen LogP contribution >= 0.6 is 0 Å². The van der Waals surface area contributed by atoms with Crippen LogP contribution in [0.15, 0.2) is 30.3 Å². The number of aliphatic hydroxyl groups excluding tert-OH is 1. The summed E-state index contributed by atoms with van der Waals surface area (Å²) in [6.07, 6.45) is -2.24. The highest BCUT2D eigenvalue weighted by Crippen LogP contribution is 2.38. The van der Waals surface area contributed by atoms with Crippen molar-refractivity contribution in [2.45, 2.75) is 75.7 Å². The molecular formula is C19H32O5Si2. The Labute approximate surface area is 158 Å². The molecule has 0 amide bonds. The highest BCUT2D eigenvalue weighted by molar-refractivity contribution is 6.77. The molecule has 1 aromatic carbocycles. The van der Waals surface area contributed by atoms with Crippen molar-refractivity contribution in [3.63, 3.8) is 0 Å². The zero-order valence-corrected chi connectivity index (χ0v) is 18.6. The SMILES string of the molecule is C[Si](C)(C)O[C@@H]1[C@@H](O)[C@@H]2O[C@H](c3ccccc3)OC[C@H]2O[C@@H]1[Si](C)(C)C. The van der Waals surface area contributed by atoms with E-state index in [1.165, 1.54) is 0 Å². The Hall–Kier alpha value is -0.546. The molecule has 2 fully saturated rings. The van der Waals surface area contributed by atoms with E-state index in [4.69, 9.17) is 18.6 Å². The third kappa shape index (κ3) is 4.47. The molecule has 146 valence electrons. The van der Waals surface area contributed by atoms with Crippen LogP contribution in [-0.2, 0) is 18.6 Å². The van der Waals surface area contributed by atoms with Crippen LogP contribution in [0.4, 0.5) is 0 Å². The summed E-state index contributed by atoms with van der Waals surface area (Å²) in [5, 5.41) is 11.2. The monoisotopic (exact) mass is 396 g/mol. The van der Waals surface area contributed by atoms with Gasteiger partial charge in [0.05, 0.1) is 26.5 Å². The number of aliphatic hydroxyl groups is 1. The molecule has 1 aromatic rings. The van der Waals surface area contributed by atoms with Gasteiger partial charge in [-0.05, 0) is 19.6 Å². The lowest BCUT2D eigenvalue weighted by Gasteiger charge is -2.52. The van der Waals surface area contributed by atoms with Crippen molar-refractivity contribution in [1.82, 2.24) is 0 Å². The van der Waals surface area contributed by atoms with E-state index in [1.807, 2.05) is 30.3 Å². The van der Waals surface area contributed by atoms with Crippen molar-refractivity contribution in [3.05, 3.63) is 35.9 Å². The molecule has 0 aliphatic carbocycles. The molecule has 3 rings (SSSR count). The van der Waals surface area contributed by atoms with Crippen LogP contribution in [-0.4, -0.2) is 58.2 Å². The Morgan fingerprint density at radius 1 is 1.00 bits per heavy atom. The molecule has 0 radical (unpaired) electrons. The Morgan fingerprint density at radius 3 is 2.23 bits per heavy atom. The van der Waals surface area contributed by atoms with Gasteiger partial charge >= 0.3 is 0 Å². The van der Waals surface area contributed by atoms with Crippen molar-refractivity contribution in [3.8, 4) is 0 Å². The maximum atomic E-state index is 11.2. The standard InChI is InChI=1S/C19H32O5Si2/c1-25(2,3)19-17(24-26(4,5)6)15(20)16-14(22-19)12-21-18(23-16)13-10-8-7-9-11-13/h7-11,14-20H,12H2,1-6H3/t14-,15+,16-,17-,18-,19-/m1/s1. The van der Waals surface area contributed by atoms with Crippen LogP contribution < -0.4 is 0 Å². The van der Waals surface area contributed by atoms with Crippen molar-refractivity contribution in [2.24, 2.45) is 0 Å². The zero-order valence-electron chi connectivity index (χ0n) is 16.6. The van der Waals surface area contributed by atoms with Gasteiger partial charge in [-0.25, -0.2) is 0 Å². The highest BCUT2D eigenvalue weighted by atomic mass is 28.4. The van der Waals surface area contributed by atoms with Gasteiger partial charge < -0.3 is 23.7 Å². The predicted octanol–water partition coefficient (Wildman–Crippen LogP) is 3.33. The molecule has 5 nitrogen and oxygen atoms in total. The van der Waals surface area contributed by atoms with Crippen molar-refractivity contribution in [2.75, 3.05) is 6.61 Å². The topological polar surface area (TPSA) is 57.2 Å². The van der Waals surface area contributed by atoms with Crippen LogP contribution in [0.2, 0.25) is 39.3 Å². The summed E-state index contributed by atoms with van der Waals surface area (Å²) in [5.41, 5.74) is 0.874. The number of benzene rings is 1. The number of ether oxygens (including phenoxy) is 3. The normalized spacial score (nSPS) is 35.8. The highest BCUT2D eigenvalue weighted by Gasteiger charge is 2.53. The van der Waals surface area contributed by atoms with E-state index in [0.29, 0.717) is 6.61 Å². The summed E-state index contributed by atoms with van der Waals surface area (Å²) in [5.74, 6) is 0. The fourth-order valence-corrected chi connectivity index (χ4v) is 6.67. The second kappa shape index (κ2) is 7.46. The predicted molar refractivity (Wildman–Crippen MR) is 106 cm³/mol. The third-order valence-corrected chi connectivity index (χ3v) is 7.92. The number of fused-ring (bicyclic) bond motifs is 1. The van der Waals surface area contributed by atoms with E-state index in [-0.39, 0.29) is 17.9 Å². The maximum Gasteiger partial charge on any atom is 0.184 e. The Balaban J connectivity index is 1.82. The molecule has 6 atom stereocenters. The molecule has 0 aromatic heterocycles. The van der Waals surface area contributed by atoms with Gasteiger partial charge in [-0.2, -0.15) is 0 Å². The second-order valence-corrected chi connectivity index (χ2v) is 19.1. The number of rotatable bonds is 4. The van der Waals surface area contributed by atoms with Crippen LogP contribution in [0, 0.1) is 0 Å². The minimum atomic E-state index is -1.85. The van der Waals surface area contributed by atoms with Crippen LogP contribution in [0.3, 0.4) is 0 Å². The molecule has 2 saturated heterocycles. The van der Waals surface area contributed by atoms with Crippen molar-refractivity contribution in [1.29, 1.82) is 0 Å². The van der Waals surface area contributed by atoms with E-state index >= 15 is 0 Å². The van der Waals surface area contributed by atoms with E-state index < -0.39 is 34.9 Å². The van der Waals surface area contributed by atoms with Crippen LogP contribution in [0.1, 0.15) is 11.9 Å². The van der Waals surface area contributed by atoms with Crippen LogP contribution in [0.25, 0.3) is 0 Å². The third-order valence-electron chi connectivity index (χ3n) is 4.77. The molecule has 0 unspecified atom stereocenters. The minimum absolute atomic E-state index is 0.0778. The molecule has 2 aliphatic heterocycles. The minimum Gasteiger partial charge on any atom is -0.410 e. The lowest BCUT2D eigenvalue weighted by atomic mass is 9.99. The summed E-state index contributed by atoms with van der Waals surface area (Å²) in [7, 11) is -3.56. The number of hydrogen-bond donors (Lipinski definition) is 1. The average Bonchev–Trinajstić information content (AvgIpc) is 2.55. The first-order valence-electron chi connectivity index (χ1n) is 9.39. The zero-order chi connectivity index (χ0) is 19.1. The van der Waals surface area contributed by atoms with Gasteiger partial charge in [-0.3, -0.25) is 0 Å². The van der Waals surface area contributed by atoms with E-state index in [0.717, 1.165) is 5.56 Å². The quantitative estimate of drug-likeness (QED) is 0.791. The van der Waals surface area contributed by atoms with Crippen LogP contribution in [0.5, 0.6) is 0 Å². The van der Waals surface area contributed by atoms with Gasteiger partial charge in [-0.15, -0.1) is 0 Å². The lowest BCUT2D eigenvalue weighted by molar-refractivity contribution is -0.318. The Bertz CT molecular complexity index is 598. The smallest absolute Gasteiger partial charge is 0.184 e. The Morgan fingerprint density at radius 2 is 1.65 bits per heavy atom. The van der Waals surface area contributed by atoms with Gasteiger partial charge in [0.1, 0.15) is 18.3 Å². The van der Waals surface area contributed by atoms with Gasteiger partial charge in [-0.1, -0.05) is 50.0 Å². The summed E-state index contributed by atoms with van der Waals surface area (Å²) >= 11 is 0. The maximum absolute atomic E-state index is 11.2. The lowest BCUT2D eigenvalue weighted by Crippen LogP contribution is -2.68. The van der Waals surface area contributed by atoms with Gasteiger partial charge in [0.25, 0.3) is 0 Å². The van der Waals surface area contributed by atoms with Gasteiger partial charge in [0.15, 0.2) is 14.6 Å². The second-order valence-electron chi connectivity index (χ2n) is 9.32. The molecular weight excluding hydrogens is 364 g/mol. The number of hydrogen-bond acceptors (Lipinski definition) is 5. The first-order valence-corrected chi connectivity index (χ1v) is 16.4. The molecule has 0 spiro atoms. The van der Waals surface area contributed by atoms with Crippen molar-refractivity contribution < 1.29 is 23.7 Å². The molecule has 2 aliphatic rings. The summed E-state index contributed by atoms with van der Waals surface area (Å²) in [6.45, 7) is 13.6. The van der Waals surface area contributed by atoms with E-state index in [2.05, 4.69) is 39.3 Å². The summed E-state index contributed by atoms with van der Waals surface area (Å²) in [6, 6.07) is 9.83. The van der Waals surface area contributed by atoms with Crippen molar-refractivity contribution >= 4 is 16.4 Å². The van der Waals surface area contributed by atoms with Gasteiger partial charge in [0, 0.05) is 5.56 Å². The molecule has 0 bridgehead atoms.